The first-order valence-corrected chi connectivity index (χ1v) is 10.6. The molecule has 3 aromatic rings. The van der Waals surface area contributed by atoms with Gasteiger partial charge in [0, 0.05) is 18.1 Å². The Morgan fingerprint density at radius 2 is 2.00 bits per heavy atom. The van der Waals surface area contributed by atoms with E-state index in [1.165, 1.54) is 13.2 Å². The number of aromatic nitrogens is 3. The Morgan fingerprint density at radius 1 is 1.24 bits per heavy atom. The van der Waals surface area contributed by atoms with Crippen molar-refractivity contribution < 1.29 is 33.2 Å². The molecule has 0 bridgehead atoms. The van der Waals surface area contributed by atoms with Crippen LogP contribution in [-0.4, -0.2) is 70.0 Å². The maximum absolute atomic E-state index is 14.3. The van der Waals surface area contributed by atoms with Crippen LogP contribution in [0.4, 0.5) is 4.39 Å². The highest BCUT2D eigenvalue weighted by Crippen LogP contribution is 2.40. The highest BCUT2D eigenvalue weighted by molar-refractivity contribution is 5.96. The van der Waals surface area contributed by atoms with E-state index < -0.39 is 42.2 Å². The van der Waals surface area contributed by atoms with E-state index in [0.717, 1.165) is 0 Å². The SMILES string of the molecule is CO[C@@H]1[C@@H](n2cc(-c3ccc(F)c4ccccc34)nn2)[C@H]2OC(C)(C)OC[C@H]2O[C@H]1C(=O)O. The van der Waals surface area contributed by atoms with Crippen molar-refractivity contribution in [3.05, 3.63) is 48.4 Å². The molecule has 2 aliphatic heterocycles. The van der Waals surface area contributed by atoms with E-state index in [9.17, 15) is 14.3 Å². The number of halogens is 1. The van der Waals surface area contributed by atoms with Crippen molar-refractivity contribution in [2.24, 2.45) is 0 Å². The van der Waals surface area contributed by atoms with Crippen molar-refractivity contribution in [2.75, 3.05) is 13.7 Å². The second-order valence-electron chi connectivity index (χ2n) is 8.64. The molecule has 0 spiro atoms. The zero-order valence-corrected chi connectivity index (χ0v) is 18.3. The monoisotopic (exact) mass is 457 g/mol. The van der Waals surface area contributed by atoms with Gasteiger partial charge < -0.3 is 24.1 Å². The van der Waals surface area contributed by atoms with Gasteiger partial charge in [0.15, 0.2) is 11.9 Å². The summed E-state index contributed by atoms with van der Waals surface area (Å²) in [5.74, 6) is -2.37. The van der Waals surface area contributed by atoms with Crippen LogP contribution in [-0.2, 0) is 23.7 Å². The van der Waals surface area contributed by atoms with E-state index in [2.05, 4.69) is 10.3 Å². The summed E-state index contributed by atoms with van der Waals surface area (Å²) in [4.78, 5) is 11.9. The van der Waals surface area contributed by atoms with Crippen LogP contribution in [0, 0.1) is 5.82 Å². The largest absolute Gasteiger partial charge is 0.479 e. The van der Waals surface area contributed by atoms with Crippen LogP contribution in [0.1, 0.15) is 19.9 Å². The second-order valence-corrected chi connectivity index (χ2v) is 8.64. The topological polar surface area (TPSA) is 105 Å². The van der Waals surface area contributed by atoms with Crippen LogP contribution >= 0.6 is 0 Å². The lowest BCUT2D eigenvalue weighted by atomic mass is 9.91. The smallest absolute Gasteiger partial charge is 0.335 e. The van der Waals surface area contributed by atoms with Gasteiger partial charge in [-0.25, -0.2) is 13.9 Å². The van der Waals surface area contributed by atoms with E-state index in [1.54, 1.807) is 42.9 Å². The Kier molecular flexibility index (Phi) is 5.40. The fourth-order valence-corrected chi connectivity index (χ4v) is 4.65. The number of rotatable bonds is 4. The fourth-order valence-electron chi connectivity index (χ4n) is 4.65. The molecule has 0 radical (unpaired) electrons. The number of ether oxygens (including phenoxy) is 4. The highest BCUT2D eigenvalue weighted by atomic mass is 19.1. The zero-order chi connectivity index (χ0) is 23.3. The molecule has 2 aromatic carbocycles. The summed E-state index contributed by atoms with van der Waals surface area (Å²) in [6.45, 7) is 3.73. The van der Waals surface area contributed by atoms with Crippen LogP contribution in [0.15, 0.2) is 42.6 Å². The van der Waals surface area contributed by atoms with E-state index >= 15 is 0 Å². The van der Waals surface area contributed by atoms with Crippen molar-refractivity contribution in [3.8, 4) is 11.3 Å². The number of carboxylic acid groups (broad SMARTS) is 1. The van der Waals surface area contributed by atoms with E-state index in [-0.39, 0.29) is 12.4 Å². The maximum atomic E-state index is 14.3. The molecule has 5 rings (SSSR count). The molecule has 174 valence electrons. The van der Waals surface area contributed by atoms with Gasteiger partial charge in [0.2, 0.25) is 0 Å². The van der Waals surface area contributed by atoms with Crippen molar-refractivity contribution in [2.45, 2.75) is 50.1 Å². The minimum absolute atomic E-state index is 0.165. The third-order valence-electron chi connectivity index (χ3n) is 6.15. The third-order valence-corrected chi connectivity index (χ3v) is 6.15. The maximum Gasteiger partial charge on any atom is 0.335 e. The minimum atomic E-state index is -1.24. The number of benzene rings is 2. The highest BCUT2D eigenvalue weighted by Gasteiger charge is 2.54. The summed E-state index contributed by atoms with van der Waals surface area (Å²) >= 11 is 0. The number of fused-ring (bicyclic) bond motifs is 2. The van der Waals surface area contributed by atoms with E-state index in [4.69, 9.17) is 18.9 Å². The zero-order valence-electron chi connectivity index (χ0n) is 18.3. The fraction of sp³-hybridized carbons (Fsp3) is 0.435. The molecule has 33 heavy (non-hydrogen) atoms. The Hall–Kier alpha value is -2.92. The van der Waals surface area contributed by atoms with Gasteiger partial charge in [-0.2, -0.15) is 0 Å². The van der Waals surface area contributed by atoms with Crippen LogP contribution in [0.3, 0.4) is 0 Å². The van der Waals surface area contributed by atoms with Gasteiger partial charge in [-0.1, -0.05) is 29.5 Å². The first kappa shape index (κ1) is 21.9. The molecule has 2 fully saturated rings. The summed E-state index contributed by atoms with van der Waals surface area (Å²) in [6.07, 6.45) is -1.65. The lowest BCUT2D eigenvalue weighted by Gasteiger charge is -2.50. The molecule has 3 heterocycles. The number of methoxy groups -OCH3 is 1. The Morgan fingerprint density at radius 3 is 2.73 bits per heavy atom. The number of carbonyl (C=O) groups is 1. The summed E-state index contributed by atoms with van der Waals surface area (Å²) in [7, 11) is 1.42. The minimum Gasteiger partial charge on any atom is -0.479 e. The average Bonchev–Trinajstić information content (AvgIpc) is 3.27. The van der Waals surface area contributed by atoms with E-state index in [1.807, 2.05) is 12.1 Å². The van der Waals surface area contributed by atoms with Gasteiger partial charge in [0.05, 0.1) is 12.8 Å². The van der Waals surface area contributed by atoms with Gasteiger partial charge >= 0.3 is 5.97 Å². The predicted octanol–water partition coefficient (Wildman–Crippen LogP) is 2.80. The summed E-state index contributed by atoms with van der Waals surface area (Å²) in [6, 6.07) is 9.52. The van der Waals surface area contributed by atoms with Gasteiger partial charge in [0.1, 0.15) is 35.9 Å². The average molecular weight is 457 g/mol. The van der Waals surface area contributed by atoms with Crippen molar-refractivity contribution in [1.29, 1.82) is 0 Å². The molecular formula is C23H24FN3O6. The van der Waals surface area contributed by atoms with Gasteiger partial charge in [-0.15, -0.1) is 5.10 Å². The van der Waals surface area contributed by atoms with Gasteiger partial charge in [-0.3, -0.25) is 0 Å². The standard InChI is InChI=1S/C23H24FN3O6/c1-23(2)31-11-17-19(33-23)18(20(30-3)21(32-17)22(28)29)27-10-16(25-26-27)14-8-9-15(24)13-7-5-4-6-12(13)14/h4-10,17-21H,11H2,1-3H3,(H,28,29)/t17-,18+,19+,20-,21-/m1/s1. The van der Waals surface area contributed by atoms with Crippen molar-refractivity contribution in [3.63, 3.8) is 0 Å². The second kappa shape index (κ2) is 8.14. The van der Waals surface area contributed by atoms with Crippen LogP contribution in [0.2, 0.25) is 0 Å². The summed E-state index contributed by atoms with van der Waals surface area (Å²) < 4.78 is 39.1. The molecule has 1 aromatic heterocycles. The summed E-state index contributed by atoms with van der Waals surface area (Å²) in [5, 5.41) is 19.5. The van der Waals surface area contributed by atoms with Crippen molar-refractivity contribution >= 4 is 16.7 Å². The molecule has 1 N–H and O–H groups in total. The molecule has 2 saturated heterocycles. The molecule has 0 amide bonds. The molecule has 9 nitrogen and oxygen atoms in total. The molecule has 0 aliphatic carbocycles. The quantitative estimate of drug-likeness (QED) is 0.638. The Bertz CT molecular complexity index is 1200. The number of nitrogens with zero attached hydrogens (tertiary/aromatic N) is 3. The first-order chi connectivity index (χ1) is 15.8. The summed E-state index contributed by atoms with van der Waals surface area (Å²) in [5.41, 5.74) is 1.22. The first-order valence-electron chi connectivity index (χ1n) is 10.6. The third kappa shape index (κ3) is 3.78. The molecule has 5 atom stereocenters. The predicted molar refractivity (Wildman–Crippen MR) is 114 cm³/mol. The molecule has 2 aliphatic rings. The Labute approximate surface area is 189 Å². The number of hydrogen-bond acceptors (Lipinski definition) is 7. The van der Waals surface area contributed by atoms with Crippen LogP contribution in [0.25, 0.3) is 22.0 Å². The molecule has 0 saturated carbocycles. The Balaban J connectivity index is 1.58. The van der Waals surface area contributed by atoms with E-state index in [0.29, 0.717) is 22.0 Å². The lowest BCUT2D eigenvalue weighted by Crippen LogP contribution is -2.64. The number of hydrogen-bond donors (Lipinski definition) is 1. The van der Waals surface area contributed by atoms with Gasteiger partial charge in [0.25, 0.3) is 0 Å². The number of carboxylic acids is 1. The lowest BCUT2D eigenvalue weighted by molar-refractivity contribution is -0.347. The van der Waals surface area contributed by atoms with Crippen LogP contribution in [0.5, 0.6) is 0 Å². The molecule has 0 unspecified atom stereocenters. The van der Waals surface area contributed by atoms with Crippen molar-refractivity contribution in [1.82, 2.24) is 15.0 Å². The molecular weight excluding hydrogens is 433 g/mol. The van der Waals surface area contributed by atoms with Gasteiger partial charge in [-0.05, 0) is 31.4 Å². The van der Waals surface area contributed by atoms with Crippen LogP contribution < -0.4 is 0 Å². The normalized spacial score (nSPS) is 29.0. The number of aliphatic carboxylic acids is 1. The molecule has 10 heteroatoms.